The van der Waals surface area contributed by atoms with E-state index in [1.54, 1.807) is 0 Å². The number of hydrogen-bond acceptors (Lipinski definition) is 4. The van der Waals surface area contributed by atoms with Crippen LogP contribution in [0.4, 0.5) is 0 Å². The summed E-state index contributed by atoms with van der Waals surface area (Å²) in [6.07, 6.45) is 11.3. The summed E-state index contributed by atoms with van der Waals surface area (Å²) < 4.78 is 0. The van der Waals surface area contributed by atoms with Gasteiger partial charge in [0, 0.05) is 16.7 Å². The number of hydrogen-bond donors (Lipinski definition) is 1. The van der Waals surface area contributed by atoms with E-state index in [1.807, 2.05) is 26.0 Å². The lowest BCUT2D eigenvalue weighted by Gasteiger charge is -2.69. The predicted octanol–water partition coefficient (Wildman–Crippen LogP) is 6.16. The van der Waals surface area contributed by atoms with Crippen molar-refractivity contribution in [3.63, 3.8) is 0 Å². The number of Topliss-reactive ketones (excluding diaryl/α,β-unsaturated/α-hetero) is 1. The highest BCUT2D eigenvalue weighted by Gasteiger charge is 2.69. The van der Waals surface area contributed by atoms with Crippen LogP contribution in [0.15, 0.2) is 23.3 Å². The molecule has 0 heterocycles. The molecule has 5 aliphatic rings. The minimum absolute atomic E-state index is 0.00840. The van der Waals surface area contributed by atoms with Crippen LogP contribution in [0.25, 0.3) is 0 Å². The summed E-state index contributed by atoms with van der Waals surface area (Å²) in [5.74, 6) is 0.617. The SMILES string of the molecule is CC1(C)CC[C@]2(CN)CC[C@]3(C)[C@H](C(=O)C=C4[C@@]5(C)C=C(C#N)C(=O)C(C)(C)[C@@H]5CC[C@]43C)[C@@H]2C1. The van der Waals surface area contributed by atoms with E-state index < -0.39 is 10.8 Å². The average molecular weight is 477 g/mol. The smallest absolute Gasteiger partial charge is 0.178 e. The molecule has 0 amide bonds. The second-order valence-electron chi connectivity index (χ2n) is 14.8. The van der Waals surface area contributed by atoms with Crippen LogP contribution < -0.4 is 5.73 Å². The standard InChI is InChI=1S/C31H44N2O2/c1-26(2)10-12-31(18-33)13-11-30(7)24(20(31)16-26)21(34)14-23-28(5)15-19(17-32)25(35)27(3,4)22(28)8-9-29(23,30)6/h14-15,20,22,24H,8-13,16,18,33H2,1-7H3/t20-,22-,24-,28-,29+,30+,31+/m0/s1. The van der Waals surface area contributed by atoms with E-state index in [-0.39, 0.29) is 50.6 Å². The van der Waals surface area contributed by atoms with E-state index in [9.17, 15) is 14.9 Å². The van der Waals surface area contributed by atoms with E-state index in [0.29, 0.717) is 12.5 Å². The predicted molar refractivity (Wildman–Crippen MR) is 138 cm³/mol. The normalized spacial score (nSPS) is 47.8. The third kappa shape index (κ3) is 2.94. The number of fused-ring (bicyclic) bond motifs is 7. The van der Waals surface area contributed by atoms with Crippen LogP contribution in [0, 0.1) is 61.6 Å². The van der Waals surface area contributed by atoms with Crippen molar-refractivity contribution in [2.45, 2.75) is 93.4 Å². The van der Waals surface area contributed by atoms with Gasteiger partial charge in [0.25, 0.3) is 0 Å². The lowest BCUT2D eigenvalue weighted by Crippen LogP contribution is -2.65. The first kappa shape index (κ1) is 24.9. The first-order valence-corrected chi connectivity index (χ1v) is 13.8. The van der Waals surface area contributed by atoms with Crippen LogP contribution in [-0.2, 0) is 9.59 Å². The highest BCUT2D eigenvalue weighted by molar-refractivity contribution is 6.04. The molecule has 0 aliphatic heterocycles. The minimum atomic E-state index is -0.619. The Morgan fingerprint density at radius 2 is 1.66 bits per heavy atom. The zero-order valence-electron chi connectivity index (χ0n) is 22.9. The van der Waals surface area contributed by atoms with Gasteiger partial charge in [0.15, 0.2) is 11.6 Å². The Labute approximate surface area is 211 Å². The summed E-state index contributed by atoms with van der Waals surface area (Å²) in [6.45, 7) is 16.4. The number of nitrogens with two attached hydrogens (primary N) is 1. The third-order valence-corrected chi connectivity index (χ3v) is 12.4. The number of nitriles is 1. The molecule has 0 bridgehead atoms. The van der Waals surface area contributed by atoms with E-state index in [0.717, 1.165) is 38.5 Å². The van der Waals surface area contributed by atoms with Gasteiger partial charge in [-0.1, -0.05) is 60.1 Å². The molecule has 0 aromatic rings. The van der Waals surface area contributed by atoms with Gasteiger partial charge in [-0.3, -0.25) is 9.59 Å². The van der Waals surface area contributed by atoms with Gasteiger partial charge in [-0.25, -0.2) is 0 Å². The summed E-state index contributed by atoms with van der Waals surface area (Å²) in [6, 6.07) is 2.20. The number of ketones is 2. The molecule has 5 aliphatic carbocycles. The molecule has 0 radical (unpaired) electrons. The lowest BCUT2D eigenvalue weighted by atomic mass is 9.34. The van der Waals surface area contributed by atoms with Gasteiger partial charge in [-0.05, 0) is 91.1 Å². The van der Waals surface area contributed by atoms with Crippen LogP contribution in [0.5, 0.6) is 0 Å². The van der Waals surface area contributed by atoms with Crippen molar-refractivity contribution < 1.29 is 9.59 Å². The molecule has 7 atom stereocenters. The monoisotopic (exact) mass is 476 g/mol. The quantitative estimate of drug-likeness (QED) is 0.491. The molecule has 0 aromatic heterocycles. The Hall–Kier alpha value is -1.73. The fraction of sp³-hybridized carbons (Fsp3) is 0.774. The van der Waals surface area contributed by atoms with Crippen molar-refractivity contribution in [1.82, 2.24) is 0 Å². The lowest BCUT2D eigenvalue weighted by molar-refractivity contribution is -0.169. The molecular formula is C31H44N2O2. The van der Waals surface area contributed by atoms with Crippen molar-refractivity contribution in [1.29, 1.82) is 5.26 Å². The molecule has 4 heteroatoms. The summed E-state index contributed by atoms with van der Waals surface area (Å²) in [5, 5.41) is 9.85. The maximum atomic E-state index is 14.3. The van der Waals surface area contributed by atoms with Crippen molar-refractivity contribution in [3.05, 3.63) is 23.3 Å². The maximum Gasteiger partial charge on any atom is 0.178 e. The molecule has 0 spiro atoms. The van der Waals surface area contributed by atoms with Crippen molar-refractivity contribution in [2.24, 2.45) is 56.0 Å². The zero-order valence-corrected chi connectivity index (χ0v) is 22.9. The topological polar surface area (TPSA) is 83.9 Å². The first-order valence-electron chi connectivity index (χ1n) is 13.8. The Kier molecular flexibility index (Phi) is 5.12. The molecule has 3 fully saturated rings. The van der Waals surface area contributed by atoms with E-state index in [4.69, 9.17) is 5.73 Å². The molecule has 190 valence electrons. The largest absolute Gasteiger partial charge is 0.330 e. The number of carbonyl (C=O) groups excluding carboxylic acids is 2. The van der Waals surface area contributed by atoms with Gasteiger partial charge in [0.05, 0.1) is 5.57 Å². The number of allylic oxidation sites excluding steroid dienone is 4. The van der Waals surface area contributed by atoms with Crippen molar-refractivity contribution >= 4 is 11.6 Å². The van der Waals surface area contributed by atoms with Gasteiger partial charge in [0.2, 0.25) is 0 Å². The summed E-state index contributed by atoms with van der Waals surface area (Å²) in [5.41, 5.74) is 6.86. The van der Waals surface area contributed by atoms with Gasteiger partial charge in [0.1, 0.15) is 6.07 Å². The van der Waals surface area contributed by atoms with E-state index in [2.05, 4.69) is 40.7 Å². The fourth-order valence-electron chi connectivity index (χ4n) is 10.1. The number of nitrogens with zero attached hydrogens (tertiary/aromatic N) is 1. The second-order valence-corrected chi connectivity index (χ2v) is 14.8. The number of rotatable bonds is 1. The highest BCUT2D eigenvalue weighted by Crippen LogP contribution is 2.74. The van der Waals surface area contributed by atoms with Gasteiger partial charge >= 0.3 is 0 Å². The second kappa shape index (κ2) is 7.18. The summed E-state index contributed by atoms with van der Waals surface area (Å²) >= 11 is 0. The molecular weight excluding hydrogens is 432 g/mol. The maximum absolute atomic E-state index is 14.3. The van der Waals surface area contributed by atoms with Gasteiger partial charge < -0.3 is 5.73 Å². The van der Waals surface area contributed by atoms with E-state index in [1.165, 1.54) is 12.0 Å². The highest BCUT2D eigenvalue weighted by atomic mass is 16.1. The zero-order chi connectivity index (χ0) is 25.8. The minimum Gasteiger partial charge on any atom is -0.330 e. The molecule has 4 nitrogen and oxygen atoms in total. The molecule has 0 aromatic carbocycles. The molecule has 3 saturated carbocycles. The first-order chi connectivity index (χ1) is 16.1. The van der Waals surface area contributed by atoms with Crippen LogP contribution in [0.2, 0.25) is 0 Å². The Balaban J connectivity index is 1.70. The Bertz CT molecular complexity index is 1110. The van der Waals surface area contributed by atoms with Crippen LogP contribution in [-0.4, -0.2) is 18.1 Å². The van der Waals surface area contributed by atoms with E-state index >= 15 is 0 Å². The molecule has 2 N–H and O–H groups in total. The van der Waals surface area contributed by atoms with Gasteiger partial charge in [-0.2, -0.15) is 5.26 Å². The number of carbonyl (C=O) groups is 2. The van der Waals surface area contributed by atoms with Crippen LogP contribution >= 0.6 is 0 Å². The summed E-state index contributed by atoms with van der Waals surface area (Å²) in [4.78, 5) is 27.4. The molecule has 0 saturated heterocycles. The third-order valence-electron chi connectivity index (χ3n) is 12.4. The van der Waals surface area contributed by atoms with Crippen molar-refractivity contribution in [3.8, 4) is 6.07 Å². The van der Waals surface area contributed by atoms with Crippen LogP contribution in [0.1, 0.15) is 93.4 Å². The van der Waals surface area contributed by atoms with Gasteiger partial charge in [-0.15, -0.1) is 0 Å². The average Bonchev–Trinajstić information content (AvgIpc) is 2.77. The fourth-order valence-corrected chi connectivity index (χ4v) is 10.1. The Morgan fingerprint density at radius 1 is 1.00 bits per heavy atom. The van der Waals surface area contributed by atoms with Crippen molar-refractivity contribution in [2.75, 3.05) is 6.54 Å². The van der Waals surface area contributed by atoms with Crippen LogP contribution in [0.3, 0.4) is 0 Å². The molecule has 0 unspecified atom stereocenters. The summed E-state index contributed by atoms with van der Waals surface area (Å²) in [7, 11) is 0. The molecule has 35 heavy (non-hydrogen) atoms. The Morgan fingerprint density at radius 3 is 2.29 bits per heavy atom. The molecule has 5 rings (SSSR count).